The zero-order valence-electron chi connectivity index (χ0n) is 17.0. The van der Waals surface area contributed by atoms with Crippen molar-refractivity contribution in [1.29, 1.82) is 0 Å². The van der Waals surface area contributed by atoms with Crippen molar-refractivity contribution < 1.29 is 19.1 Å². The van der Waals surface area contributed by atoms with Crippen LogP contribution in [0.3, 0.4) is 0 Å². The fourth-order valence-electron chi connectivity index (χ4n) is 3.36. The minimum atomic E-state index is -0.900. The van der Waals surface area contributed by atoms with Crippen molar-refractivity contribution in [3.8, 4) is 5.75 Å². The average Bonchev–Trinajstić information content (AvgIpc) is 2.95. The molecular weight excluding hydrogens is 368 g/mol. The van der Waals surface area contributed by atoms with E-state index in [4.69, 9.17) is 4.74 Å². The third-order valence-corrected chi connectivity index (χ3v) is 4.89. The third kappa shape index (κ3) is 4.31. The van der Waals surface area contributed by atoms with Gasteiger partial charge in [-0.05, 0) is 48.7 Å². The lowest BCUT2D eigenvalue weighted by atomic mass is 10.0. The molecule has 0 saturated heterocycles. The number of amides is 3. The molecule has 6 heteroatoms. The van der Waals surface area contributed by atoms with E-state index < -0.39 is 23.8 Å². The van der Waals surface area contributed by atoms with Crippen molar-refractivity contribution in [2.24, 2.45) is 5.92 Å². The number of hydrogen-bond donors (Lipinski definition) is 1. The van der Waals surface area contributed by atoms with Gasteiger partial charge in [0.2, 0.25) is 5.91 Å². The van der Waals surface area contributed by atoms with Gasteiger partial charge in [0.05, 0.1) is 17.7 Å². The minimum Gasteiger partial charge on any atom is -0.494 e. The molecule has 0 aliphatic carbocycles. The molecule has 0 radical (unpaired) electrons. The third-order valence-electron chi connectivity index (χ3n) is 4.89. The van der Waals surface area contributed by atoms with Gasteiger partial charge in [0.25, 0.3) is 11.8 Å². The number of imide groups is 1. The summed E-state index contributed by atoms with van der Waals surface area (Å²) >= 11 is 0. The highest BCUT2D eigenvalue weighted by molar-refractivity contribution is 6.23. The largest absolute Gasteiger partial charge is 0.494 e. The highest BCUT2D eigenvalue weighted by Gasteiger charge is 2.43. The van der Waals surface area contributed by atoms with Gasteiger partial charge in [-0.15, -0.1) is 0 Å². The van der Waals surface area contributed by atoms with Crippen LogP contribution >= 0.6 is 0 Å². The monoisotopic (exact) mass is 394 g/mol. The number of ether oxygens (including phenoxy) is 1. The van der Waals surface area contributed by atoms with Crippen LogP contribution in [0.2, 0.25) is 0 Å². The molecule has 1 unspecified atom stereocenters. The Bertz CT molecular complexity index is 870. The maximum absolute atomic E-state index is 13.0. The summed E-state index contributed by atoms with van der Waals surface area (Å²) in [4.78, 5) is 39.6. The molecule has 152 valence electrons. The highest BCUT2D eigenvalue weighted by atomic mass is 16.5. The molecule has 0 bridgehead atoms. The van der Waals surface area contributed by atoms with Gasteiger partial charge in [-0.25, -0.2) is 0 Å². The summed E-state index contributed by atoms with van der Waals surface area (Å²) in [5.74, 6) is -0.765. The van der Waals surface area contributed by atoms with Gasteiger partial charge in [-0.1, -0.05) is 39.3 Å². The lowest BCUT2D eigenvalue weighted by molar-refractivity contribution is -0.121. The van der Waals surface area contributed by atoms with Gasteiger partial charge in [-0.2, -0.15) is 0 Å². The van der Waals surface area contributed by atoms with Crippen LogP contribution in [0.5, 0.6) is 5.75 Å². The number of unbranched alkanes of at least 4 members (excludes halogenated alkanes) is 1. The molecule has 2 aromatic rings. The number of nitrogens with zero attached hydrogens (tertiary/aromatic N) is 1. The standard InChI is InChI=1S/C23H26N2O4/c1-4-5-14-29-17-12-10-16(11-13-17)24-21(26)20(15(2)3)25-22(27)18-8-6-7-9-19(18)23(25)28/h6-13,15,20H,4-5,14H2,1-3H3,(H,24,26). The highest BCUT2D eigenvalue weighted by Crippen LogP contribution is 2.28. The van der Waals surface area contributed by atoms with Gasteiger partial charge in [0, 0.05) is 5.69 Å². The Labute approximate surface area is 170 Å². The van der Waals surface area contributed by atoms with Gasteiger partial charge >= 0.3 is 0 Å². The molecule has 1 heterocycles. The van der Waals surface area contributed by atoms with Crippen LogP contribution in [0.25, 0.3) is 0 Å². The summed E-state index contributed by atoms with van der Waals surface area (Å²) in [6.07, 6.45) is 2.04. The number of hydrogen-bond acceptors (Lipinski definition) is 4. The fraction of sp³-hybridized carbons (Fsp3) is 0.348. The molecule has 1 N–H and O–H groups in total. The molecule has 1 aliphatic rings. The molecule has 3 amide bonds. The van der Waals surface area contributed by atoms with Crippen molar-refractivity contribution in [2.45, 2.75) is 39.7 Å². The first-order valence-corrected chi connectivity index (χ1v) is 9.94. The molecule has 0 saturated carbocycles. The van der Waals surface area contributed by atoms with Crippen LogP contribution in [-0.2, 0) is 4.79 Å². The molecule has 29 heavy (non-hydrogen) atoms. The van der Waals surface area contributed by atoms with Gasteiger partial charge < -0.3 is 10.1 Å². The van der Waals surface area contributed by atoms with E-state index in [1.165, 1.54) is 0 Å². The van der Waals surface area contributed by atoms with Crippen LogP contribution in [0, 0.1) is 5.92 Å². The van der Waals surface area contributed by atoms with Crippen molar-refractivity contribution in [3.05, 3.63) is 59.7 Å². The summed E-state index contributed by atoms with van der Waals surface area (Å²) in [5.41, 5.74) is 1.26. The Morgan fingerprint density at radius 2 is 1.59 bits per heavy atom. The lowest BCUT2D eigenvalue weighted by Gasteiger charge is -2.28. The number of anilines is 1. The van der Waals surface area contributed by atoms with Crippen molar-refractivity contribution in [3.63, 3.8) is 0 Å². The van der Waals surface area contributed by atoms with E-state index in [9.17, 15) is 14.4 Å². The van der Waals surface area contributed by atoms with Gasteiger partial charge in [0.1, 0.15) is 11.8 Å². The zero-order valence-corrected chi connectivity index (χ0v) is 17.0. The summed E-state index contributed by atoms with van der Waals surface area (Å²) in [6, 6.07) is 12.8. The number of benzene rings is 2. The zero-order chi connectivity index (χ0) is 21.0. The lowest BCUT2D eigenvalue weighted by Crippen LogP contribution is -2.50. The second kappa shape index (κ2) is 8.90. The van der Waals surface area contributed by atoms with Crippen molar-refractivity contribution >= 4 is 23.4 Å². The SMILES string of the molecule is CCCCOc1ccc(NC(=O)C(C(C)C)N2C(=O)c3ccccc3C2=O)cc1. The quantitative estimate of drug-likeness (QED) is 0.540. The Morgan fingerprint density at radius 3 is 2.10 bits per heavy atom. The molecule has 1 aliphatic heterocycles. The maximum Gasteiger partial charge on any atom is 0.262 e. The molecule has 2 aromatic carbocycles. The summed E-state index contributed by atoms with van der Waals surface area (Å²) in [7, 11) is 0. The Kier molecular flexibility index (Phi) is 6.32. The minimum absolute atomic E-state index is 0.242. The molecule has 6 nitrogen and oxygen atoms in total. The smallest absolute Gasteiger partial charge is 0.262 e. The van der Waals surface area contributed by atoms with E-state index in [-0.39, 0.29) is 5.92 Å². The molecule has 0 fully saturated rings. The Morgan fingerprint density at radius 1 is 1.00 bits per heavy atom. The number of fused-ring (bicyclic) bond motifs is 1. The van der Waals surface area contributed by atoms with E-state index in [2.05, 4.69) is 12.2 Å². The van der Waals surface area contributed by atoms with E-state index in [1.807, 2.05) is 13.8 Å². The maximum atomic E-state index is 13.0. The summed E-state index contributed by atoms with van der Waals surface area (Å²) in [6.45, 7) is 6.38. The second-order valence-corrected chi connectivity index (χ2v) is 7.43. The van der Waals surface area contributed by atoms with Crippen LogP contribution in [-0.4, -0.2) is 35.3 Å². The molecule has 0 spiro atoms. The molecule has 1 atom stereocenters. The van der Waals surface area contributed by atoms with Gasteiger partial charge in [-0.3, -0.25) is 19.3 Å². The first kappa shape index (κ1) is 20.6. The van der Waals surface area contributed by atoms with E-state index in [0.29, 0.717) is 23.4 Å². The number of rotatable bonds is 8. The Balaban J connectivity index is 1.74. The summed E-state index contributed by atoms with van der Waals surface area (Å²) < 4.78 is 5.63. The van der Waals surface area contributed by atoms with Crippen molar-refractivity contribution in [1.82, 2.24) is 4.90 Å². The topological polar surface area (TPSA) is 75.7 Å². The number of carbonyl (C=O) groups excluding carboxylic acids is 3. The fourth-order valence-corrected chi connectivity index (χ4v) is 3.36. The number of carbonyl (C=O) groups is 3. The van der Waals surface area contributed by atoms with E-state index in [0.717, 1.165) is 23.5 Å². The second-order valence-electron chi connectivity index (χ2n) is 7.43. The van der Waals surface area contributed by atoms with Crippen LogP contribution in [0.1, 0.15) is 54.3 Å². The number of nitrogens with one attached hydrogen (secondary N) is 1. The average molecular weight is 394 g/mol. The first-order chi connectivity index (χ1) is 13.9. The van der Waals surface area contributed by atoms with Crippen LogP contribution in [0.15, 0.2) is 48.5 Å². The van der Waals surface area contributed by atoms with Crippen LogP contribution in [0.4, 0.5) is 5.69 Å². The first-order valence-electron chi connectivity index (χ1n) is 9.94. The predicted octanol–water partition coefficient (Wildman–Crippen LogP) is 4.12. The Hall–Kier alpha value is -3.15. The summed E-state index contributed by atoms with van der Waals surface area (Å²) in [5, 5.41) is 2.82. The van der Waals surface area contributed by atoms with Gasteiger partial charge in [0.15, 0.2) is 0 Å². The van der Waals surface area contributed by atoms with Crippen LogP contribution < -0.4 is 10.1 Å². The van der Waals surface area contributed by atoms with Crippen molar-refractivity contribution in [2.75, 3.05) is 11.9 Å². The normalized spacial score (nSPS) is 14.1. The van der Waals surface area contributed by atoms with E-state index >= 15 is 0 Å². The molecular formula is C23H26N2O4. The predicted molar refractivity (Wildman–Crippen MR) is 111 cm³/mol. The molecule has 0 aromatic heterocycles. The van der Waals surface area contributed by atoms with E-state index in [1.54, 1.807) is 48.5 Å². The molecule has 3 rings (SSSR count).